The molecule has 1 amide bonds. The number of amides is 1. The second-order valence-corrected chi connectivity index (χ2v) is 4.32. The summed E-state index contributed by atoms with van der Waals surface area (Å²) in [4.78, 5) is 15.7. The van der Waals surface area contributed by atoms with Gasteiger partial charge in [-0.05, 0) is 18.6 Å². The van der Waals surface area contributed by atoms with Crippen LogP contribution < -0.4 is 5.32 Å². The van der Waals surface area contributed by atoms with E-state index in [0.717, 1.165) is 16.6 Å². The lowest BCUT2D eigenvalue weighted by Gasteiger charge is -1.97. The van der Waals surface area contributed by atoms with Crippen molar-refractivity contribution in [2.75, 3.05) is 5.32 Å². The quantitative estimate of drug-likeness (QED) is 0.863. The summed E-state index contributed by atoms with van der Waals surface area (Å²) in [5, 5.41) is 3.49. The molecule has 15 heavy (non-hydrogen) atoms. The van der Waals surface area contributed by atoms with Crippen molar-refractivity contribution >= 4 is 32.6 Å². The molecule has 0 saturated carbocycles. The van der Waals surface area contributed by atoms with Gasteiger partial charge in [0.15, 0.2) is 5.13 Å². The molecule has 4 heteroatoms. The van der Waals surface area contributed by atoms with Gasteiger partial charge in [-0.25, -0.2) is 4.98 Å². The van der Waals surface area contributed by atoms with Gasteiger partial charge in [0, 0.05) is 6.42 Å². The Morgan fingerprint density at radius 1 is 1.47 bits per heavy atom. The highest BCUT2D eigenvalue weighted by molar-refractivity contribution is 7.22. The first-order valence-corrected chi connectivity index (χ1v) is 5.76. The highest BCUT2D eigenvalue weighted by atomic mass is 32.1. The minimum atomic E-state index is 0.0385. The molecule has 0 fully saturated rings. The van der Waals surface area contributed by atoms with Crippen LogP contribution in [0.25, 0.3) is 10.2 Å². The maximum Gasteiger partial charge on any atom is 0.226 e. The molecule has 3 nitrogen and oxygen atoms in total. The third kappa shape index (κ3) is 2.33. The van der Waals surface area contributed by atoms with Crippen LogP contribution in [0.3, 0.4) is 0 Å². The number of fused-ring (bicyclic) bond motifs is 1. The van der Waals surface area contributed by atoms with Gasteiger partial charge in [0.1, 0.15) is 0 Å². The van der Waals surface area contributed by atoms with Crippen molar-refractivity contribution in [2.24, 2.45) is 0 Å². The molecule has 78 valence electrons. The van der Waals surface area contributed by atoms with Gasteiger partial charge in [0.25, 0.3) is 0 Å². The third-order valence-electron chi connectivity index (χ3n) is 2.02. The number of nitrogens with zero attached hydrogens (tertiary/aromatic N) is 1. The predicted octanol–water partition coefficient (Wildman–Crippen LogP) is 3.03. The standard InChI is InChI=1S/C11H12N2OS/c1-2-5-10(14)13-11-12-8-6-3-4-7-9(8)15-11/h3-4,6-7H,2,5H2,1H3,(H,12,13,14). The molecule has 2 aromatic rings. The molecule has 0 saturated heterocycles. The van der Waals surface area contributed by atoms with Gasteiger partial charge in [0.2, 0.25) is 5.91 Å². The molecule has 1 aromatic carbocycles. The fourth-order valence-electron chi connectivity index (χ4n) is 1.33. The summed E-state index contributed by atoms with van der Waals surface area (Å²) < 4.78 is 1.10. The molecule has 2 rings (SSSR count). The smallest absolute Gasteiger partial charge is 0.226 e. The van der Waals surface area contributed by atoms with Crippen LogP contribution in [0.4, 0.5) is 5.13 Å². The Kier molecular flexibility index (Phi) is 2.97. The van der Waals surface area contributed by atoms with E-state index in [0.29, 0.717) is 11.6 Å². The maximum atomic E-state index is 11.3. The number of para-hydroxylation sites is 1. The number of hydrogen-bond acceptors (Lipinski definition) is 3. The molecule has 0 aliphatic carbocycles. The van der Waals surface area contributed by atoms with Gasteiger partial charge in [0.05, 0.1) is 10.2 Å². The first-order valence-electron chi connectivity index (χ1n) is 4.95. The number of rotatable bonds is 3. The van der Waals surface area contributed by atoms with E-state index in [1.807, 2.05) is 31.2 Å². The summed E-state index contributed by atoms with van der Waals surface area (Å²) in [5.74, 6) is 0.0385. The minimum absolute atomic E-state index is 0.0385. The molecular formula is C11H12N2OS. The normalized spacial score (nSPS) is 10.5. The molecule has 0 unspecified atom stereocenters. The fourth-order valence-corrected chi connectivity index (χ4v) is 2.22. The number of anilines is 1. The zero-order valence-electron chi connectivity index (χ0n) is 8.49. The SMILES string of the molecule is CCCC(=O)Nc1nc2ccccc2s1. The molecule has 1 aromatic heterocycles. The lowest BCUT2D eigenvalue weighted by atomic mass is 10.3. The number of thiazole rings is 1. The molecule has 0 radical (unpaired) electrons. The zero-order chi connectivity index (χ0) is 10.7. The Balaban J connectivity index is 2.18. The molecule has 0 aliphatic rings. The Morgan fingerprint density at radius 3 is 3.00 bits per heavy atom. The number of aromatic nitrogens is 1. The van der Waals surface area contributed by atoms with E-state index in [-0.39, 0.29) is 5.91 Å². The number of carbonyl (C=O) groups is 1. The number of benzene rings is 1. The van der Waals surface area contributed by atoms with Crippen molar-refractivity contribution < 1.29 is 4.79 Å². The van der Waals surface area contributed by atoms with Crippen LogP contribution in [0.1, 0.15) is 19.8 Å². The van der Waals surface area contributed by atoms with Gasteiger partial charge in [-0.1, -0.05) is 30.4 Å². The van der Waals surface area contributed by atoms with Crippen molar-refractivity contribution in [2.45, 2.75) is 19.8 Å². The van der Waals surface area contributed by atoms with E-state index in [9.17, 15) is 4.79 Å². The molecule has 0 atom stereocenters. The topological polar surface area (TPSA) is 42.0 Å². The van der Waals surface area contributed by atoms with Gasteiger partial charge in [-0.2, -0.15) is 0 Å². The summed E-state index contributed by atoms with van der Waals surface area (Å²) in [6.07, 6.45) is 1.41. The highest BCUT2D eigenvalue weighted by Gasteiger charge is 2.05. The largest absolute Gasteiger partial charge is 0.302 e. The van der Waals surface area contributed by atoms with Gasteiger partial charge in [-0.3, -0.25) is 4.79 Å². The average molecular weight is 220 g/mol. The molecule has 0 aliphatic heterocycles. The number of carbonyl (C=O) groups excluding carboxylic acids is 1. The molecular weight excluding hydrogens is 208 g/mol. The van der Waals surface area contributed by atoms with Crippen LogP contribution in [0.2, 0.25) is 0 Å². The van der Waals surface area contributed by atoms with E-state index < -0.39 is 0 Å². The Bertz CT molecular complexity index is 445. The third-order valence-corrected chi connectivity index (χ3v) is 2.97. The molecule has 1 heterocycles. The first kappa shape index (κ1) is 10.1. The average Bonchev–Trinajstić information content (AvgIpc) is 2.59. The van der Waals surface area contributed by atoms with Crippen molar-refractivity contribution in [3.05, 3.63) is 24.3 Å². The van der Waals surface area contributed by atoms with Gasteiger partial charge >= 0.3 is 0 Å². The van der Waals surface area contributed by atoms with Gasteiger partial charge in [-0.15, -0.1) is 0 Å². The lowest BCUT2D eigenvalue weighted by molar-refractivity contribution is -0.116. The second kappa shape index (κ2) is 4.40. The minimum Gasteiger partial charge on any atom is -0.302 e. The monoisotopic (exact) mass is 220 g/mol. The van der Waals surface area contributed by atoms with Gasteiger partial charge < -0.3 is 5.32 Å². The van der Waals surface area contributed by atoms with Crippen LogP contribution in [0.15, 0.2) is 24.3 Å². The number of nitrogens with one attached hydrogen (secondary N) is 1. The van der Waals surface area contributed by atoms with Crippen LogP contribution >= 0.6 is 11.3 Å². The zero-order valence-corrected chi connectivity index (χ0v) is 9.30. The van der Waals surface area contributed by atoms with Crippen molar-refractivity contribution in [3.63, 3.8) is 0 Å². The molecule has 1 N–H and O–H groups in total. The van der Waals surface area contributed by atoms with Crippen molar-refractivity contribution in [3.8, 4) is 0 Å². The van der Waals surface area contributed by atoms with E-state index in [4.69, 9.17) is 0 Å². The summed E-state index contributed by atoms with van der Waals surface area (Å²) in [6.45, 7) is 1.98. The summed E-state index contributed by atoms with van der Waals surface area (Å²) >= 11 is 1.51. The summed E-state index contributed by atoms with van der Waals surface area (Å²) in [7, 11) is 0. The van der Waals surface area contributed by atoms with E-state index in [1.165, 1.54) is 11.3 Å². The summed E-state index contributed by atoms with van der Waals surface area (Å²) in [6, 6.07) is 7.86. The van der Waals surface area contributed by atoms with Crippen LogP contribution in [-0.4, -0.2) is 10.9 Å². The summed E-state index contributed by atoms with van der Waals surface area (Å²) in [5.41, 5.74) is 0.939. The Labute approximate surface area is 92.1 Å². The molecule has 0 spiro atoms. The first-order chi connectivity index (χ1) is 7.29. The van der Waals surface area contributed by atoms with Crippen LogP contribution in [0.5, 0.6) is 0 Å². The van der Waals surface area contributed by atoms with E-state index >= 15 is 0 Å². The highest BCUT2D eigenvalue weighted by Crippen LogP contribution is 2.25. The van der Waals surface area contributed by atoms with Crippen LogP contribution in [0, 0.1) is 0 Å². The van der Waals surface area contributed by atoms with Crippen molar-refractivity contribution in [1.82, 2.24) is 4.98 Å². The van der Waals surface area contributed by atoms with Crippen molar-refractivity contribution in [1.29, 1.82) is 0 Å². The van der Waals surface area contributed by atoms with E-state index in [2.05, 4.69) is 10.3 Å². The predicted molar refractivity (Wildman–Crippen MR) is 63.2 cm³/mol. The van der Waals surface area contributed by atoms with E-state index in [1.54, 1.807) is 0 Å². The fraction of sp³-hybridized carbons (Fsp3) is 0.273. The Morgan fingerprint density at radius 2 is 2.27 bits per heavy atom. The lowest BCUT2D eigenvalue weighted by Crippen LogP contribution is -2.09. The molecule has 0 bridgehead atoms. The second-order valence-electron chi connectivity index (χ2n) is 3.28. The Hall–Kier alpha value is -1.42. The maximum absolute atomic E-state index is 11.3. The number of hydrogen-bond donors (Lipinski definition) is 1. The van der Waals surface area contributed by atoms with Crippen LogP contribution in [-0.2, 0) is 4.79 Å².